The molecular weight excluding hydrogens is 388 g/mol. The van der Waals surface area contributed by atoms with E-state index in [4.69, 9.17) is 0 Å². The van der Waals surface area contributed by atoms with Crippen LogP contribution in [0.1, 0.15) is 51.0 Å². The monoisotopic (exact) mass is 426 g/mol. The number of hydrogen-bond donors (Lipinski definition) is 1. The molecule has 6 heteroatoms. The number of piperazine rings is 1. The van der Waals surface area contributed by atoms with Gasteiger partial charge in [0.1, 0.15) is 0 Å². The number of anilines is 1. The minimum Gasteiger partial charge on any atom is -0.338 e. The van der Waals surface area contributed by atoms with E-state index in [-0.39, 0.29) is 5.91 Å². The molecule has 2 aliphatic heterocycles. The first-order valence-corrected chi connectivity index (χ1v) is 12.3. The van der Waals surface area contributed by atoms with Gasteiger partial charge in [-0.2, -0.15) is 0 Å². The summed E-state index contributed by atoms with van der Waals surface area (Å²) in [5, 5.41) is 3.07. The van der Waals surface area contributed by atoms with E-state index in [2.05, 4.69) is 33.0 Å². The van der Waals surface area contributed by atoms with E-state index in [0.29, 0.717) is 25.0 Å². The minimum absolute atomic E-state index is 0.0436. The topological polar surface area (TPSA) is 55.9 Å². The molecule has 0 spiro atoms. The lowest BCUT2D eigenvalue weighted by molar-refractivity contribution is -0.139. The second kappa shape index (κ2) is 10.6. The lowest BCUT2D eigenvalue weighted by Gasteiger charge is -2.45. The fourth-order valence-electron chi connectivity index (χ4n) is 5.67. The van der Waals surface area contributed by atoms with Crippen molar-refractivity contribution in [3.8, 4) is 0 Å². The average molecular weight is 427 g/mol. The summed E-state index contributed by atoms with van der Waals surface area (Å²) in [6.07, 6.45) is 8.48. The molecule has 31 heavy (non-hydrogen) atoms. The number of piperidine rings is 1. The van der Waals surface area contributed by atoms with Crippen molar-refractivity contribution >= 4 is 17.5 Å². The maximum absolute atomic E-state index is 13.1. The Balaban J connectivity index is 1.21. The van der Waals surface area contributed by atoms with Crippen LogP contribution in [-0.2, 0) is 16.0 Å². The summed E-state index contributed by atoms with van der Waals surface area (Å²) in [6, 6.07) is 8.49. The number of nitrogens with zero attached hydrogens (tertiary/aromatic N) is 3. The predicted molar refractivity (Wildman–Crippen MR) is 124 cm³/mol. The summed E-state index contributed by atoms with van der Waals surface area (Å²) in [7, 11) is 0. The van der Waals surface area contributed by atoms with Gasteiger partial charge in [-0.25, -0.2) is 0 Å². The van der Waals surface area contributed by atoms with Gasteiger partial charge in [0.2, 0.25) is 11.8 Å². The van der Waals surface area contributed by atoms with Crippen LogP contribution in [0, 0.1) is 5.92 Å². The van der Waals surface area contributed by atoms with Gasteiger partial charge in [0.05, 0.1) is 13.1 Å². The molecule has 3 fully saturated rings. The smallest absolute Gasteiger partial charge is 0.238 e. The molecule has 2 atom stereocenters. The number of carbonyl (C=O) groups excluding carboxylic acids is 2. The van der Waals surface area contributed by atoms with E-state index >= 15 is 0 Å². The van der Waals surface area contributed by atoms with Crippen molar-refractivity contribution in [2.24, 2.45) is 5.92 Å². The van der Waals surface area contributed by atoms with E-state index in [9.17, 15) is 9.59 Å². The molecule has 0 bridgehead atoms. The van der Waals surface area contributed by atoms with Crippen molar-refractivity contribution < 1.29 is 9.59 Å². The molecule has 1 aromatic rings. The Morgan fingerprint density at radius 2 is 1.58 bits per heavy atom. The number of rotatable bonds is 6. The third-order valence-corrected chi connectivity index (χ3v) is 7.43. The van der Waals surface area contributed by atoms with Crippen LogP contribution in [0.25, 0.3) is 0 Å². The molecule has 1 N–H and O–H groups in total. The molecule has 3 aliphatic rings. The molecule has 4 rings (SSSR count). The van der Waals surface area contributed by atoms with Crippen LogP contribution in [0.3, 0.4) is 0 Å². The Hall–Kier alpha value is -1.92. The van der Waals surface area contributed by atoms with Crippen molar-refractivity contribution in [3.05, 3.63) is 29.8 Å². The van der Waals surface area contributed by atoms with Crippen LogP contribution in [0.15, 0.2) is 24.3 Å². The van der Waals surface area contributed by atoms with Gasteiger partial charge in [-0.05, 0) is 49.7 Å². The first-order chi connectivity index (χ1) is 15.1. The van der Waals surface area contributed by atoms with E-state index in [0.717, 1.165) is 62.7 Å². The molecule has 0 radical (unpaired) electrons. The van der Waals surface area contributed by atoms with Crippen LogP contribution >= 0.6 is 0 Å². The number of fused-ring (bicyclic) bond motifs is 1. The van der Waals surface area contributed by atoms with E-state index in [1.54, 1.807) is 0 Å². The van der Waals surface area contributed by atoms with Gasteiger partial charge >= 0.3 is 0 Å². The van der Waals surface area contributed by atoms with Crippen LogP contribution in [0.4, 0.5) is 5.69 Å². The number of para-hydroxylation sites is 1. The highest BCUT2D eigenvalue weighted by Gasteiger charge is 2.36. The second-order valence-corrected chi connectivity index (χ2v) is 9.45. The van der Waals surface area contributed by atoms with Crippen molar-refractivity contribution in [1.82, 2.24) is 14.7 Å². The normalized spacial score (nSPS) is 25.1. The summed E-state index contributed by atoms with van der Waals surface area (Å²) in [4.78, 5) is 32.2. The summed E-state index contributed by atoms with van der Waals surface area (Å²) < 4.78 is 0. The SMILES string of the molecule is CCc1ccccc1NC(=O)CN1CCN(CC(=O)N2CCC[C@H]3CCCC[C@@H]32)CC1. The van der Waals surface area contributed by atoms with Crippen LogP contribution in [0.5, 0.6) is 0 Å². The molecule has 2 saturated heterocycles. The third-order valence-electron chi connectivity index (χ3n) is 7.43. The van der Waals surface area contributed by atoms with Crippen LogP contribution < -0.4 is 5.32 Å². The molecule has 1 saturated carbocycles. The highest BCUT2D eigenvalue weighted by molar-refractivity contribution is 5.93. The highest BCUT2D eigenvalue weighted by Crippen LogP contribution is 2.35. The number of likely N-dealkylation sites (tertiary alicyclic amines) is 1. The standard InChI is InChI=1S/C25H38N4O2/c1-2-20-8-3-5-11-22(20)26-24(30)18-27-14-16-28(17-15-27)19-25(31)29-13-7-10-21-9-4-6-12-23(21)29/h3,5,8,11,21,23H,2,4,6-7,9-10,12-19H2,1H3,(H,26,30)/t21-,23+/m1/s1. The molecule has 2 heterocycles. The van der Waals surface area contributed by atoms with Crippen molar-refractivity contribution in [2.45, 2.75) is 57.9 Å². The zero-order valence-corrected chi connectivity index (χ0v) is 19.0. The van der Waals surface area contributed by atoms with Gasteiger partial charge < -0.3 is 10.2 Å². The van der Waals surface area contributed by atoms with Crippen molar-refractivity contribution in [2.75, 3.05) is 51.1 Å². The summed E-state index contributed by atoms with van der Waals surface area (Å²) in [5.41, 5.74) is 2.08. The molecule has 170 valence electrons. The molecular formula is C25H38N4O2. The first kappa shape index (κ1) is 22.3. The van der Waals surface area contributed by atoms with Crippen LogP contribution in [0.2, 0.25) is 0 Å². The van der Waals surface area contributed by atoms with Gasteiger partial charge in [-0.15, -0.1) is 0 Å². The Morgan fingerprint density at radius 1 is 0.903 bits per heavy atom. The number of amides is 2. The number of nitrogens with one attached hydrogen (secondary N) is 1. The van der Waals surface area contributed by atoms with E-state index in [1.807, 2.05) is 18.2 Å². The number of carbonyl (C=O) groups is 2. The zero-order valence-electron chi connectivity index (χ0n) is 19.0. The maximum Gasteiger partial charge on any atom is 0.238 e. The van der Waals surface area contributed by atoms with Gasteiger partial charge in [-0.1, -0.05) is 38.0 Å². The molecule has 1 aromatic carbocycles. The molecule has 2 amide bonds. The van der Waals surface area contributed by atoms with Crippen molar-refractivity contribution in [1.29, 1.82) is 0 Å². The van der Waals surface area contributed by atoms with Crippen LogP contribution in [-0.4, -0.2) is 78.4 Å². The van der Waals surface area contributed by atoms with Gasteiger partial charge in [0.15, 0.2) is 0 Å². The number of aryl methyl sites for hydroxylation is 1. The van der Waals surface area contributed by atoms with E-state index < -0.39 is 0 Å². The number of hydrogen-bond acceptors (Lipinski definition) is 4. The molecule has 1 aliphatic carbocycles. The zero-order chi connectivity index (χ0) is 21.6. The minimum atomic E-state index is 0.0436. The number of benzene rings is 1. The average Bonchev–Trinajstić information content (AvgIpc) is 2.80. The van der Waals surface area contributed by atoms with Gasteiger partial charge in [0.25, 0.3) is 0 Å². The Bertz CT molecular complexity index is 758. The fraction of sp³-hybridized carbons (Fsp3) is 0.680. The molecule has 0 unspecified atom stereocenters. The van der Waals surface area contributed by atoms with Gasteiger partial charge in [0, 0.05) is 44.5 Å². The van der Waals surface area contributed by atoms with Gasteiger partial charge in [-0.3, -0.25) is 19.4 Å². The lowest BCUT2D eigenvalue weighted by Crippen LogP contribution is -2.55. The summed E-state index contributed by atoms with van der Waals surface area (Å²) in [6.45, 7) is 7.37. The first-order valence-electron chi connectivity index (χ1n) is 12.3. The Morgan fingerprint density at radius 3 is 2.35 bits per heavy atom. The predicted octanol–water partition coefficient (Wildman–Crippen LogP) is 2.99. The summed E-state index contributed by atoms with van der Waals surface area (Å²) in [5.74, 6) is 1.10. The third kappa shape index (κ3) is 5.66. The quantitative estimate of drug-likeness (QED) is 0.760. The Kier molecular flexibility index (Phi) is 7.62. The molecule has 6 nitrogen and oxygen atoms in total. The van der Waals surface area contributed by atoms with Crippen molar-refractivity contribution in [3.63, 3.8) is 0 Å². The highest BCUT2D eigenvalue weighted by atomic mass is 16.2. The fourth-order valence-corrected chi connectivity index (χ4v) is 5.67. The maximum atomic E-state index is 13.1. The second-order valence-electron chi connectivity index (χ2n) is 9.45. The lowest BCUT2D eigenvalue weighted by atomic mass is 9.78. The molecule has 0 aromatic heterocycles. The van der Waals surface area contributed by atoms with E-state index in [1.165, 1.54) is 32.1 Å². The Labute approximate surface area is 187 Å². The largest absolute Gasteiger partial charge is 0.338 e. The summed E-state index contributed by atoms with van der Waals surface area (Å²) >= 11 is 0.